The largest absolute Gasteiger partial charge is 0.493 e. The van der Waals surface area contributed by atoms with Gasteiger partial charge in [-0.15, -0.1) is 0 Å². The van der Waals surface area contributed by atoms with Crippen LogP contribution in [-0.2, 0) is 14.3 Å². The van der Waals surface area contributed by atoms with Crippen molar-refractivity contribution >= 4 is 33.7 Å². The molecule has 1 aromatic carbocycles. The molecule has 1 N–H and O–H groups in total. The molecule has 0 bridgehead atoms. The molecule has 8 heteroatoms. The Morgan fingerprint density at radius 2 is 2.07 bits per heavy atom. The summed E-state index contributed by atoms with van der Waals surface area (Å²) < 4.78 is 11.3. The maximum Gasteiger partial charge on any atom is 0.308 e. The summed E-state index contributed by atoms with van der Waals surface area (Å²) in [5.41, 5.74) is 0.423. The van der Waals surface area contributed by atoms with Crippen molar-refractivity contribution in [1.82, 2.24) is 10.2 Å². The van der Waals surface area contributed by atoms with E-state index in [0.717, 1.165) is 19.3 Å². The van der Waals surface area contributed by atoms with E-state index in [1.807, 2.05) is 6.92 Å². The lowest BCUT2D eigenvalue weighted by Gasteiger charge is -2.34. The van der Waals surface area contributed by atoms with Crippen molar-refractivity contribution in [2.24, 2.45) is 0 Å². The molecule has 2 rings (SSSR count). The van der Waals surface area contributed by atoms with Gasteiger partial charge in [-0.2, -0.15) is 0 Å². The second-order valence-corrected chi connectivity index (χ2v) is 7.37. The fourth-order valence-corrected chi connectivity index (χ4v) is 3.48. The van der Waals surface area contributed by atoms with Gasteiger partial charge in [0.25, 0.3) is 5.91 Å². The van der Waals surface area contributed by atoms with Crippen LogP contribution in [0.25, 0.3) is 0 Å². The number of nitrogens with zero attached hydrogens (tertiary/aromatic N) is 1. The SMILES string of the molecule is CCCCCOC(=O)CC1C(=O)NCCN1C(=O)c1ccc(OCC)c(Br)c1. The van der Waals surface area contributed by atoms with Crippen LogP contribution in [0.3, 0.4) is 0 Å². The number of esters is 1. The Morgan fingerprint density at radius 3 is 2.75 bits per heavy atom. The highest BCUT2D eigenvalue weighted by Gasteiger charge is 2.35. The Morgan fingerprint density at radius 1 is 1.29 bits per heavy atom. The topological polar surface area (TPSA) is 84.9 Å². The number of carbonyl (C=O) groups excluding carboxylic acids is 3. The molecular formula is C20H27BrN2O5. The van der Waals surface area contributed by atoms with Gasteiger partial charge in [-0.1, -0.05) is 19.8 Å². The van der Waals surface area contributed by atoms with E-state index in [-0.39, 0.29) is 18.2 Å². The predicted molar refractivity (Wildman–Crippen MR) is 108 cm³/mol. The monoisotopic (exact) mass is 454 g/mol. The standard InChI is InChI=1S/C20H27BrN2O5/c1-3-5-6-11-28-18(24)13-16-19(25)22-9-10-23(16)20(26)14-7-8-17(27-4-2)15(21)12-14/h7-8,12,16H,3-6,9-11,13H2,1-2H3,(H,22,25). The van der Waals surface area contributed by atoms with E-state index in [1.165, 1.54) is 4.90 Å². The summed E-state index contributed by atoms with van der Waals surface area (Å²) in [4.78, 5) is 38.9. The molecule has 0 aromatic heterocycles. The predicted octanol–water partition coefficient (Wildman–Crippen LogP) is 2.91. The van der Waals surface area contributed by atoms with Gasteiger partial charge in [0, 0.05) is 18.7 Å². The number of nitrogens with one attached hydrogen (secondary N) is 1. The number of rotatable bonds is 9. The quantitative estimate of drug-likeness (QED) is 0.457. The molecule has 0 saturated carbocycles. The zero-order valence-corrected chi connectivity index (χ0v) is 17.9. The van der Waals surface area contributed by atoms with Crippen LogP contribution in [0.5, 0.6) is 5.75 Å². The molecule has 28 heavy (non-hydrogen) atoms. The molecule has 1 aliphatic rings. The van der Waals surface area contributed by atoms with E-state index < -0.39 is 12.0 Å². The first-order valence-corrected chi connectivity index (χ1v) is 10.4. The number of ether oxygens (including phenoxy) is 2. The van der Waals surface area contributed by atoms with Crippen LogP contribution in [-0.4, -0.2) is 55.0 Å². The first-order valence-electron chi connectivity index (χ1n) is 9.64. The lowest BCUT2D eigenvalue weighted by molar-refractivity contribution is -0.147. The third-order valence-electron chi connectivity index (χ3n) is 4.44. The molecule has 1 aromatic rings. The summed E-state index contributed by atoms with van der Waals surface area (Å²) in [5.74, 6) is -0.469. The Bertz CT molecular complexity index is 710. The summed E-state index contributed by atoms with van der Waals surface area (Å²) in [6, 6.07) is 4.16. The number of unbranched alkanes of at least 4 members (excludes halogenated alkanes) is 2. The molecular weight excluding hydrogens is 428 g/mol. The number of benzene rings is 1. The highest BCUT2D eigenvalue weighted by atomic mass is 79.9. The number of halogens is 1. The van der Waals surface area contributed by atoms with Crippen molar-refractivity contribution in [3.8, 4) is 5.75 Å². The van der Waals surface area contributed by atoms with Gasteiger partial charge in [-0.25, -0.2) is 0 Å². The lowest BCUT2D eigenvalue weighted by Crippen LogP contribution is -2.57. The minimum absolute atomic E-state index is 0.151. The molecule has 1 heterocycles. The second-order valence-electron chi connectivity index (χ2n) is 6.52. The van der Waals surface area contributed by atoms with Crippen molar-refractivity contribution in [2.75, 3.05) is 26.3 Å². The third kappa shape index (κ3) is 5.95. The van der Waals surface area contributed by atoms with Crippen molar-refractivity contribution in [1.29, 1.82) is 0 Å². The number of piperazine rings is 1. The van der Waals surface area contributed by atoms with E-state index in [9.17, 15) is 14.4 Å². The molecule has 0 aliphatic carbocycles. The zero-order valence-electron chi connectivity index (χ0n) is 16.3. The fourth-order valence-electron chi connectivity index (χ4n) is 2.99. The molecule has 0 radical (unpaired) electrons. The van der Waals surface area contributed by atoms with E-state index in [2.05, 4.69) is 28.2 Å². The fraction of sp³-hybridized carbons (Fsp3) is 0.550. The molecule has 1 fully saturated rings. The molecule has 1 unspecified atom stereocenters. The van der Waals surface area contributed by atoms with E-state index in [1.54, 1.807) is 18.2 Å². The summed E-state index contributed by atoms with van der Waals surface area (Å²) in [6.45, 7) is 5.48. The van der Waals surface area contributed by atoms with Gasteiger partial charge in [0.1, 0.15) is 11.8 Å². The highest BCUT2D eigenvalue weighted by Crippen LogP contribution is 2.27. The number of amides is 2. The Labute approximate surface area is 173 Å². The first kappa shape index (κ1) is 22.2. The van der Waals surface area contributed by atoms with E-state index >= 15 is 0 Å². The van der Waals surface area contributed by atoms with Crippen LogP contribution in [0.2, 0.25) is 0 Å². The molecule has 2 amide bonds. The van der Waals surface area contributed by atoms with Crippen LogP contribution in [0.1, 0.15) is 49.9 Å². The van der Waals surface area contributed by atoms with E-state index in [4.69, 9.17) is 9.47 Å². The molecule has 0 spiro atoms. The molecule has 154 valence electrons. The van der Waals surface area contributed by atoms with Crippen molar-refractivity contribution in [3.63, 3.8) is 0 Å². The number of hydrogen-bond acceptors (Lipinski definition) is 5. The van der Waals surface area contributed by atoms with Gasteiger partial charge in [0.05, 0.1) is 24.1 Å². The second kappa shape index (κ2) is 11.0. The summed E-state index contributed by atoms with van der Waals surface area (Å²) in [5, 5.41) is 2.72. The van der Waals surface area contributed by atoms with Gasteiger partial charge < -0.3 is 19.7 Å². The molecule has 1 atom stereocenters. The Hall–Kier alpha value is -2.09. The third-order valence-corrected chi connectivity index (χ3v) is 5.06. The van der Waals surface area contributed by atoms with Crippen molar-refractivity contribution < 1.29 is 23.9 Å². The van der Waals surface area contributed by atoms with Crippen LogP contribution in [0.4, 0.5) is 0 Å². The Balaban J connectivity index is 2.08. The van der Waals surface area contributed by atoms with Crippen LogP contribution < -0.4 is 10.1 Å². The average molecular weight is 455 g/mol. The van der Waals surface area contributed by atoms with Crippen molar-refractivity contribution in [3.05, 3.63) is 28.2 Å². The zero-order chi connectivity index (χ0) is 20.5. The Kier molecular flexibility index (Phi) is 8.76. The average Bonchev–Trinajstić information content (AvgIpc) is 2.68. The highest BCUT2D eigenvalue weighted by molar-refractivity contribution is 9.10. The molecule has 1 aliphatic heterocycles. The molecule has 1 saturated heterocycles. The van der Waals surface area contributed by atoms with Crippen LogP contribution in [0.15, 0.2) is 22.7 Å². The van der Waals surface area contributed by atoms with Gasteiger partial charge in [-0.05, 0) is 47.5 Å². The minimum atomic E-state index is -0.870. The normalized spacial score (nSPS) is 16.5. The smallest absolute Gasteiger partial charge is 0.308 e. The lowest BCUT2D eigenvalue weighted by atomic mass is 10.1. The summed E-state index contributed by atoms with van der Waals surface area (Å²) in [7, 11) is 0. The minimum Gasteiger partial charge on any atom is -0.493 e. The number of carbonyl (C=O) groups is 3. The van der Waals surface area contributed by atoms with Gasteiger partial charge >= 0.3 is 5.97 Å². The van der Waals surface area contributed by atoms with Gasteiger partial charge in [0.2, 0.25) is 5.91 Å². The van der Waals surface area contributed by atoms with Crippen LogP contribution in [0, 0.1) is 0 Å². The van der Waals surface area contributed by atoms with Crippen LogP contribution >= 0.6 is 15.9 Å². The first-order chi connectivity index (χ1) is 13.5. The van der Waals surface area contributed by atoms with Gasteiger partial charge in [-0.3, -0.25) is 14.4 Å². The maximum atomic E-state index is 13.0. The maximum absolute atomic E-state index is 13.0. The van der Waals surface area contributed by atoms with Gasteiger partial charge in [0.15, 0.2) is 0 Å². The molecule has 7 nitrogen and oxygen atoms in total. The van der Waals surface area contributed by atoms with E-state index in [0.29, 0.717) is 42.1 Å². The summed E-state index contributed by atoms with van der Waals surface area (Å²) in [6.07, 6.45) is 2.65. The van der Waals surface area contributed by atoms with Crippen molar-refractivity contribution in [2.45, 2.75) is 45.6 Å². The number of hydrogen-bond donors (Lipinski definition) is 1. The summed E-state index contributed by atoms with van der Waals surface area (Å²) >= 11 is 3.40.